The molecule has 2 heteroatoms. The van der Waals surface area contributed by atoms with Crippen molar-refractivity contribution in [3.05, 3.63) is 35.4 Å². The first-order valence-electron chi connectivity index (χ1n) is 5.65. The van der Waals surface area contributed by atoms with E-state index in [4.69, 9.17) is 0 Å². The average molecular weight is 204 g/mol. The summed E-state index contributed by atoms with van der Waals surface area (Å²) in [5.74, 6) is 0. The highest BCUT2D eigenvalue weighted by Gasteiger charge is 2.46. The molecular formula is C13H16O2. The zero-order valence-corrected chi connectivity index (χ0v) is 8.74. The second-order valence-corrected chi connectivity index (χ2v) is 5.09. The average Bonchev–Trinajstić information content (AvgIpc) is 3.10. The minimum Gasteiger partial charge on any atom is -0.390 e. The third kappa shape index (κ3) is 1.68. The van der Waals surface area contributed by atoms with Crippen molar-refractivity contribution in [2.24, 2.45) is 0 Å². The molecule has 1 aromatic carbocycles. The van der Waals surface area contributed by atoms with Gasteiger partial charge in [0.1, 0.15) is 0 Å². The Morgan fingerprint density at radius 2 is 1.67 bits per heavy atom. The minimum atomic E-state index is -0.582. The fourth-order valence-corrected chi connectivity index (χ4v) is 2.19. The van der Waals surface area contributed by atoms with E-state index in [1.165, 1.54) is 0 Å². The molecule has 0 radical (unpaired) electrons. The molecule has 0 saturated heterocycles. The van der Waals surface area contributed by atoms with Gasteiger partial charge in [-0.1, -0.05) is 24.3 Å². The van der Waals surface area contributed by atoms with Crippen molar-refractivity contribution in [3.63, 3.8) is 0 Å². The molecule has 0 amide bonds. The van der Waals surface area contributed by atoms with Crippen LogP contribution in [0.1, 0.15) is 36.8 Å². The molecule has 2 nitrogen and oxygen atoms in total. The van der Waals surface area contributed by atoms with Crippen LogP contribution in [0, 0.1) is 0 Å². The lowest BCUT2D eigenvalue weighted by molar-refractivity contribution is 0.139. The van der Waals surface area contributed by atoms with Crippen LogP contribution in [-0.2, 0) is 12.0 Å². The van der Waals surface area contributed by atoms with Gasteiger partial charge in [-0.05, 0) is 36.8 Å². The summed E-state index contributed by atoms with van der Waals surface area (Å²) < 4.78 is 0. The zero-order chi connectivity index (χ0) is 10.5. The van der Waals surface area contributed by atoms with E-state index in [1.807, 2.05) is 24.3 Å². The maximum absolute atomic E-state index is 10.1. The molecule has 1 aromatic rings. The molecular weight excluding hydrogens is 188 g/mol. The van der Waals surface area contributed by atoms with Crippen LogP contribution < -0.4 is 0 Å². The van der Waals surface area contributed by atoms with Crippen molar-refractivity contribution in [1.82, 2.24) is 0 Å². The van der Waals surface area contributed by atoms with Gasteiger partial charge in [-0.3, -0.25) is 0 Å². The highest BCUT2D eigenvalue weighted by atomic mass is 16.3. The molecule has 2 fully saturated rings. The lowest BCUT2D eigenvalue weighted by Crippen LogP contribution is -2.16. The van der Waals surface area contributed by atoms with Gasteiger partial charge in [0.2, 0.25) is 0 Å². The van der Waals surface area contributed by atoms with Gasteiger partial charge in [-0.25, -0.2) is 0 Å². The van der Waals surface area contributed by atoms with Gasteiger partial charge in [0.25, 0.3) is 0 Å². The molecule has 0 atom stereocenters. The number of hydrogen-bond acceptors (Lipinski definition) is 2. The van der Waals surface area contributed by atoms with E-state index < -0.39 is 11.2 Å². The van der Waals surface area contributed by atoms with Crippen LogP contribution in [0.25, 0.3) is 0 Å². The van der Waals surface area contributed by atoms with Gasteiger partial charge in [0, 0.05) is 6.42 Å². The predicted molar refractivity (Wildman–Crippen MR) is 57.5 cm³/mol. The van der Waals surface area contributed by atoms with Gasteiger partial charge < -0.3 is 10.2 Å². The third-order valence-corrected chi connectivity index (χ3v) is 3.59. The van der Waals surface area contributed by atoms with Gasteiger partial charge >= 0.3 is 0 Å². The van der Waals surface area contributed by atoms with Gasteiger partial charge in [0.05, 0.1) is 11.2 Å². The largest absolute Gasteiger partial charge is 0.390 e. The van der Waals surface area contributed by atoms with Gasteiger partial charge in [-0.2, -0.15) is 0 Å². The normalized spacial score (nSPS) is 24.9. The molecule has 0 spiro atoms. The van der Waals surface area contributed by atoms with Crippen LogP contribution in [0.2, 0.25) is 0 Å². The number of benzene rings is 1. The lowest BCUT2D eigenvalue weighted by atomic mass is 9.95. The molecule has 15 heavy (non-hydrogen) atoms. The van der Waals surface area contributed by atoms with Crippen LogP contribution in [0.3, 0.4) is 0 Å². The van der Waals surface area contributed by atoms with Crippen molar-refractivity contribution in [2.75, 3.05) is 0 Å². The number of aliphatic hydroxyl groups is 2. The molecule has 2 N–H and O–H groups in total. The topological polar surface area (TPSA) is 40.5 Å². The second kappa shape index (κ2) is 2.83. The second-order valence-electron chi connectivity index (χ2n) is 5.09. The molecule has 2 aliphatic carbocycles. The summed E-state index contributed by atoms with van der Waals surface area (Å²) in [7, 11) is 0. The molecule has 0 unspecified atom stereocenters. The van der Waals surface area contributed by atoms with E-state index in [-0.39, 0.29) is 0 Å². The SMILES string of the molecule is OC1(Cc2ccccc2C2(O)CC2)CC1. The number of hydrogen-bond donors (Lipinski definition) is 2. The molecule has 0 heterocycles. The molecule has 2 aliphatic rings. The van der Waals surface area contributed by atoms with E-state index in [0.29, 0.717) is 6.42 Å². The van der Waals surface area contributed by atoms with E-state index >= 15 is 0 Å². The summed E-state index contributed by atoms with van der Waals surface area (Å²) in [5, 5.41) is 20.0. The minimum absolute atomic E-state index is 0.471. The fraction of sp³-hybridized carbons (Fsp3) is 0.538. The van der Waals surface area contributed by atoms with E-state index in [9.17, 15) is 10.2 Å². The Bertz CT molecular complexity index is 389. The molecule has 3 rings (SSSR count). The first-order chi connectivity index (χ1) is 7.11. The Labute approximate surface area is 89.6 Å². The predicted octanol–water partition coefficient (Wildman–Crippen LogP) is 1.74. The molecule has 2 saturated carbocycles. The Hall–Kier alpha value is -0.860. The maximum Gasteiger partial charge on any atom is 0.0901 e. The standard InChI is InChI=1S/C13H16O2/c14-12(5-6-12)9-10-3-1-2-4-11(10)13(15)7-8-13/h1-4,14-15H,5-9H2. The van der Waals surface area contributed by atoms with E-state index in [2.05, 4.69) is 0 Å². The van der Waals surface area contributed by atoms with Crippen LogP contribution >= 0.6 is 0 Å². The Morgan fingerprint density at radius 1 is 1.00 bits per heavy atom. The van der Waals surface area contributed by atoms with Crippen LogP contribution in [0.15, 0.2) is 24.3 Å². The van der Waals surface area contributed by atoms with Crippen LogP contribution in [0.4, 0.5) is 0 Å². The van der Waals surface area contributed by atoms with Crippen molar-refractivity contribution >= 4 is 0 Å². The van der Waals surface area contributed by atoms with Crippen molar-refractivity contribution < 1.29 is 10.2 Å². The third-order valence-electron chi connectivity index (χ3n) is 3.59. The quantitative estimate of drug-likeness (QED) is 0.787. The first-order valence-corrected chi connectivity index (χ1v) is 5.65. The van der Waals surface area contributed by atoms with Crippen molar-refractivity contribution in [1.29, 1.82) is 0 Å². The van der Waals surface area contributed by atoms with E-state index in [1.54, 1.807) is 0 Å². The zero-order valence-electron chi connectivity index (χ0n) is 8.74. The Kier molecular flexibility index (Phi) is 1.77. The number of rotatable bonds is 3. The fourth-order valence-electron chi connectivity index (χ4n) is 2.19. The summed E-state index contributed by atoms with van der Waals surface area (Å²) in [6.07, 6.45) is 4.23. The maximum atomic E-state index is 10.1. The molecule has 0 aliphatic heterocycles. The smallest absolute Gasteiger partial charge is 0.0901 e. The van der Waals surface area contributed by atoms with Crippen molar-refractivity contribution in [2.45, 2.75) is 43.3 Å². The molecule has 0 aromatic heterocycles. The highest BCUT2D eigenvalue weighted by molar-refractivity contribution is 5.37. The molecule has 80 valence electrons. The summed E-state index contributed by atoms with van der Waals surface area (Å²) in [6, 6.07) is 7.97. The Balaban J connectivity index is 1.92. The summed E-state index contributed by atoms with van der Waals surface area (Å²) >= 11 is 0. The van der Waals surface area contributed by atoms with Gasteiger partial charge in [0.15, 0.2) is 0 Å². The van der Waals surface area contributed by atoms with Crippen LogP contribution in [0.5, 0.6) is 0 Å². The lowest BCUT2D eigenvalue weighted by Gasteiger charge is -2.16. The summed E-state index contributed by atoms with van der Waals surface area (Å²) in [5.41, 5.74) is 1.10. The van der Waals surface area contributed by atoms with Crippen LogP contribution in [-0.4, -0.2) is 15.8 Å². The monoisotopic (exact) mass is 204 g/mol. The molecule has 0 bridgehead atoms. The first kappa shape index (κ1) is 9.37. The highest BCUT2D eigenvalue weighted by Crippen LogP contribution is 2.48. The van der Waals surface area contributed by atoms with E-state index in [0.717, 1.165) is 36.8 Å². The summed E-state index contributed by atoms with van der Waals surface area (Å²) in [6.45, 7) is 0. The summed E-state index contributed by atoms with van der Waals surface area (Å²) in [4.78, 5) is 0. The van der Waals surface area contributed by atoms with Crippen molar-refractivity contribution in [3.8, 4) is 0 Å². The van der Waals surface area contributed by atoms with Gasteiger partial charge in [-0.15, -0.1) is 0 Å². The Morgan fingerprint density at radius 3 is 2.27 bits per heavy atom.